The van der Waals surface area contributed by atoms with E-state index in [1.807, 2.05) is 12.1 Å². The van der Waals surface area contributed by atoms with Crippen molar-refractivity contribution in [3.63, 3.8) is 0 Å². The highest BCUT2D eigenvalue weighted by Crippen LogP contribution is 2.13. The molecule has 0 fully saturated rings. The lowest BCUT2D eigenvalue weighted by molar-refractivity contribution is 0.0890. The Morgan fingerprint density at radius 1 is 1.10 bits per heavy atom. The first-order valence-corrected chi connectivity index (χ1v) is 6.33. The van der Waals surface area contributed by atoms with Gasteiger partial charge < -0.3 is 0 Å². The van der Waals surface area contributed by atoms with Gasteiger partial charge in [0.2, 0.25) is 5.91 Å². The molecular weight excluding hydrogens is 257 g/mol. The summed E-state index contributed by atoms with van der Waals surface area (Å²) in [5, 5.41) is 7.78. The second-order valence-electron chi connectivity index (χ2n) is 4.48. The predicted molar refractivity (Wildman–Crippen MR) is 72.9 cm³/mol. The van der Waals surface area contributed by atoms with Gasteiger partial charge in [0.05, 0.1) is 5.52 Å². The van der Waals surface area contributed by atoms with Gasteiger partial charge in [0.1, 0.15) is 11.3 Å². The molecular formula is C15H12FN3O. The molecule has 0 amide bonds. The number of rotatable bonds is 3. The van der Waals surface area contributed by atoms with Gasteiger partial charge in [-0.05, 0) is 30.2 Å². The minimum atomic E-state index is -0.288. The van der Waals surface area contributed by atoms with E-state index in [1.54, 1.807) is 30.3 Å². The van der Waals surface area contributed by atoms with Crippen LogP contribution in [0.5, 0.6) is 0 Å². The molecule has 0 aliphatic carbocycles. The van der Waals surface area contributed by atoms with Crippen molar-refractivity contribution in [3.05, 3.63) is 59.9 Å². The Morgan fingerprint density at radius 2 is 1.85 bits per heavy atom. The van der Waals surface area contributed by atoms with Gasteiger partial charge in [-0.2, -0.15) is 4.68 Å². The monoisotopic (exact) mass is 269 g/mol. The van der Waals surface area contributed by atoms with Gasteiger partial charge in [-0.15, -0.1) is 5.10 Å². The van der Waals surface area contributed by atoms with Crippen LogP contribution in [-0.2, 0) is 6.42 Å². The second-order valence-corrected chi connectivity index (χ2v) is 4.48. The fraction of sp³-hybridized carbons (Fsp3) is 0.133. The molecule has 3 rings (SSSR count). The first kappa shape index (κ1) is 12.5. The zero-order valence-corrected chi connectivity index (χ0v) is 10.7. The number of para-hydroxylation sites is 1. The van der Waals surface area contributed by atoms with Gasteiger partial charge >= 0.3 is 0 Å². The van der Waals surface area contributed by atoms with Crippen molar-refractivity contribution in [2.75, 3.05) is 0 Å². The molecule has 100 valence electrons. The first-order chi connectivity index (χ1) is 9.75. The van der Waals surface area contributed by atoms with Crippen LogP contribution in [0.4, 0.5) is 4.39 Å². The van der Waals surface area contributed by atoms with Crippen molar-refractivity contribution in [1.29, 1.82) is 0 Å². The predicted octanol–water partition coefficient (Wildman–Crippen LogP) is 2.84. The summed E-state index contributed by atoms with van der Waals surface area (Å²) < 4.78 is 14.8. The molecule has 3 aromatic rings. The normalized spacial score (nSPS) is 10.8. The third-order valence-electron chi connectivity index (χ3n) is 3.15. The standard InChI is InChI=1S/C15H12FN3O/c16-12-6-2-1-5-11(12)9-10-15(20)19-14-8-4-3-7-13(14)17-18-19/h1-8H,9-10H2. The van der Waals surface area contributed by atoms with Crippen LogP contribution >= 0.6 is 0 Å². The van der Waals surface area contributed by atoms with Crippen LogP contribution < -0.4 is 0 Å². The van der Waals surface area contributed by atoms with Gasteiger partial charge in [-0.3, -0.25) is 4.79 Å². The van der Waals surface area contributed by atoms with E-state index in [2.05, 4.69) is 10.3 Å². The van der Waals surface area contributed by atoms with Crippen LogP contribution in [0, 0.1) is 5.82 Å². The van der Waals surface area contributed by atoms with Crippen molar-refractivity contribution in [3.8, 4) is 0 Å². The molecule has 5 heteroatoms. The third-order valence-corrected chi connectivity index (χ3v) is 3.15. The molecule has 0 unspecified atom stereocenters. The summed E-state index contributed by atoms with van der Waals surface area (Å²) in [5.74, 6) is -0.481. The Balaban J connectivity index is 1.79. The molecule has 4 nitrogen and oxygen atoms in total. The van der Waals surface area contributed by atoms with Crippen LogP contribution in [0.15, 0.2) is 48.5 Å². The molecule has 0 N–H and O–H groups in total. The zero-order chi connectivity index (χ0) is 13.9. The maximum absolute atomic E-state index is 13.5. The van der Waals surface area contributed by atoms with Crippen molar-refractivity contribution in [2.45, 2.75) is 12.8 Å². The highest BCUT2D eigenvalue weighted by atomic mass is 19.1. The van der Waals surface area contributed by atoms with E-state index in [-0.39, 0.29) is 18.1 Å². The summed E-state index contributed by atoms with van der Waals surface area (Å²) in [4.78, 5) is 12.1. The highest BCUT2D eigenvalue weighted by Gasteiger charge is 2.12. The quantitative estimate of drug-likeness (QED) is 0.734. The second kappa shape index (κ2) is 5.21. The SMILES string of the molecule is O=C(CCc1ccccc1F)n1nnc2ccccc21. The Kier molecular flexibility index (Phi) is 3.25. The molecule has 0 saturated heterocycles. The van der Waals surface area contributed by atoms with Crippen LogP contribution in [-0.4, -0.2) is 20.9 Å². The number of carbonyl (C=O) groups is 1. The van der Waals surface area contributed by atoms with Crippen LogP contribution in [0.1, 0.15) is 16.8 Å². The van der Waals surface area contributed by atoms with E-state index in [1.165, 1.54) is 10.7 Å². The molecule has 0 bridgehead atoms. The molecule has 0 atom stereocenters. The summed E-state index contributed by atoms with van der Waals surface area (Å²) in [7, 11) is 0. The number of fused-ring (bicyclic) bond motifs is 1. The molecule has 1 aromatic heterocycles. The van der Waals surface area contributed by atoms with Gasteiger partial charge in [0.25, 0.3) is 0 Å². The van der Waals surface area contributed by atoms with E-state index in [4.69, 9.17) is 0 Å². The van der Waals surface area contributed by atoms with E-state index < -0.39 is 0 Å². The number of aromatic nitrogens is 3. The number of aryl methyl sites for hydroxylation is 1. The van der Waals surface area contributed by atoms with Crippen molar-refractivity contribution in [2.24, 2.45) is 0 Å². The summed E-state index contributed by atoms with van der Waals surface area (Å²) in [6.07, 6.45) is 0.536. The maximum atomic E-state index is 13.5. The van der Waals surface area contributed by atoms with Gasteiger partial charge in [-0.1, -0.05) is 35.5 Å². The number of carbonyl (C=O) groups excluding carboxylic acids is 1. The van der Waals surface area contributed by atoms with Crippen LogP contribution in [0.3, 0.4) is 0 Å². The molecule has 0 aliphatic heterocycles. The minimum Gasteiger partial charge on any atom is -0.272 e. The van der Waals surface area contributed by atoms with Crippen molar-refractivity contribution in [1.82, 2.24) is 15.0 Å². The average Bonchev–Trinajstić information content (AvgIpc) is 2.90. The lowest BCUT2D eigenvalue weighted by Gasteiger charge is -2.03. The number of hydrogen-bond donors (Lipinski definition) is 0. The van der Waals surface area contributed by atoms with Crippen molar-refractivity contribution < 1.29 is 9.18 Å². The van der Waals surface area contributed by atoms with E-state index in [9.17, 15) is 9.18 Å². The largest absolute Gasteiger partial charge is 0.272 e. The molecule has 0 aliphatic rings. The average molecular weight is 269 g/mol. The summed E-state index contributed by atoms with van der Waals surface area (Å²) in [6, 6.07) is 13.7. The molecule has 20 heavy (non-hydrogen) atoms. The lowest BCUT2D eigenvalue weighted by atomic mass is 10.1. The number of benzene rings is 2. The number of hydrogen-bond acceptors (Lipinski definition) is 3. The summed E-state index contributed by atoms with van der Waals surface area (Å²) >= 11 is 0. The van der Waals surface area contributed by atoms with Crippen LogP contribution in [0.25, 0.3) is 11.0 Å². The highest BCUT2D eigenvalue weighted by molar-refractivity contribution is 5.88. The molecule has 2 aromatic carbocycles. The van der Waals surface area contributed by atoms with Crippen LogP contribution in [0.2, 0.25) is 0 Å². The van der Waals surface area contributed by atoms with E-state index >= 15 is 0 Å². The number of halogens is 1. The summed E-state index contributed by atoms with van der Waals surface area (Å²) in [5.41, 5.74) is 1.88. The van der Waals surface area contributed by atoms with Gasteiger partial charge in [-0.25, -0.2) is 4.39 Å². The fourth-order valence-corrected chi connectivity index (χ4v) is 2.10. The summed E-state index contributed by atoms with van der Waals surface area (Å²) in [6.45, 7) is 0. The lowest BCUT2D eigenvalue weighted by Crippen LogP contribution is -2.13. The first-order valence-electron chi connectivity index (χ1n) is 6.33. The zero-order valence-electron chi connectivity index (χ0n) is 10.7. The smallest absolute Gasteiger partial charge is 0.249 e. The molecule has 0 spiro atoms. The Bertz CT molecular complexity index is 766. The van der Waals surface area contributed by atoms with Gasteiger partial charge in [0, 0.05) is 6.42 Å². The molecule has 1 heterocycles. The topological polar surface area (TPSA) is 47.8 Å². The fourth-order valence-electron chi connectivity index (χ4n) is 2.10. The third kappa shape index (κ3) is 2.30. The van der Waals surface area contributed by atoms with E-state index in [0.717, 1.165) is 0 Å². The molecule has 0 saturated carbocycles. The Labute approximate surface area is 114 Å². The molecule has 0 radical (unpaired) electrons. The Hall–Kier alpha value is -2.56. The minimum absolute atomic E-state index is 0.189. The maximum Gasteiger partial charge on any atom is 0.249 e. The van der Waals surface area contributed by atoms with E-state index in [0.29, 0.717) is 23.0 Å². The van der Waals surface area contributed by atoms with Gasteiger partial charge in [0.15, 0.2) is 0 Å². The van der Waals surface area contributed by atoms with Crippen molar-refractivity contribution >= 4 is 16.9 Å². The number of nitrogens with zero attached hydrogens (tertiary/aromatic N) is 3. The Morgan fingerprint density at radius 3 is 2.70 bits per heavy atom.